The molecule has 1 amide bonds. The third-order valence-corrected chi connectivity index (χ3v) is 4.76. The highest BCUT2D eigenvalue weighted by atomic mass is 19.1. The third-order valence-electron chi connectivity index (χ3n) is 4.76. The molecule has 1 fully saturated rings. The second kappa shape index (κ2) is 5.78. The second-order valence-corrected chi connectivity index (χ2v) is 7.85. The highest BCUT2D eigenvalue weighted by Crippen LogP contribution is 2.31. The molecular formula is C18H25FN2O2. The van der Waals surface area contributed by atoms with Crippen molar-refractivity contribution < 1.29 is 13.9 Å². The molecule has 2 aliphatic heterocycles. The first-order valence-corrected chi connectivity index (χ1v) is 8.20. The van der Waals surface area contributed by atoms with Gasteiger partial charge in [0.1, 0.15) is 17.7 Å². The maximum atomic E-state index is 13.5. The van der Waals surface area contributed by atoms with Gasteiger partial charge < -0.3 is 9.64 Å². The van der Waals surface area contributed by atoms with Crippen molar-refractivity contribution in [2.45, 2.75) is 39.3 Å². The zero-order valence-corrected chi connectivity index (χ0v) is 14.3. The number of benzene rings is 1. The summed E-state index contributed by atoms with van der Waals surface area (Å²) in [5.41, 5.74) is 0.729. The van der Waals surface area contributed by atoms with Gasteiger partial charge in [-0.05, 0) is 30.5 Å². The molecule has 2 atom stereocenters. The van der Waals surface area contributed by atoms with E-state index in [1.165, 1.54) is 18.2 Å². The van der Waals surface area contributed by atoms with Crippen LogP contribution in [0.5, 0.6) is 5.75 Å². The Balaban J connectivity index is 1.79. The lowest BCUT2D eigenvalue weighted by Gasteiger charge is -2.26. The number of rotatable bonds is 2. The molecule has 2 unspecified atom stereocenters. The summed E-state index contributed by atoms with van der Waals surface area (Å²) >= 11 is 0. The van der Waals surface area contributed by atoms with Gasteiger partial charge in [0.2, 0.25) is 0 Å². The molecule has 2 heterocycles. The Morgan fingerprint density at radius 1 is 1.30 bits per heavy atom. The molecule has 23 heavy (non-hydrogen) atoms. The first-order valence-electron chi connectivity index (χ1n) is 8.20. The molecule has 126 valence electrons. The van der Waals surface area contributed by atoms with E-state index in [1.54, 1.807) is 4.90 Å². The molecule has 0 bridgehead atoms. The van der Waals surface area contributed by atoms with E-state index in [2.05, 4.69) is 25.7 Å². The van der Waals surface area contributed by atoms with Crippen molar-refractivity contribution in [1.29, 1.82) is 0 Å². The van der Waals surface area contributed by atoms with Crippen molar-refractivity contribution in [3.63, 3.8) is 0 Å². The van der Waals surface area contributed by atoms with Gasteiger partial charge in [0, 0.05) is 26.2 Å². The summed E-state index contributed by atoms with van der Waals surface area (Å²) < 4.78 is 19.5. The molecule has 0 aliphatic carbocycles. The topological polar surface area (TPSA) is 32.8 Å². The highest BCUT2D eigenvalue weighted by Gasteiger charge is 2.42. The lowest BCUT2D eigenvalue weighted by Crippen LogP contribution is -2.44. The summed E-state index contributed by atoms with van der Waals surface area (Å²) in [4.78, 5) is 16.7. The van der Waals surface area contributed by atoms with Crippen LogP contribution in [0.3, 0.4) is 0 Å². The van der Waals surface area contributed by atoms with E-state index in [0.29, 0.717) is 11.3 Å². The minimum absolute atomic E-state index is 0.0120. The summed E-state index contributed by atoms with van der Waals surface area (Å²) in [7, 11) is 1.81. The van der Waals surface area contributed by atoms with Crippen LogP contribution in [0, 0.1) is 11.2 Å². The van der Waals surface area contributed by atoms with E-state index in [-0.39, 0.29) is 29.3 Å². The number of hydrogen-bond acceptors (Lipinski definition) is 3. The molecule has 0 aromatic heterocycles. The number of likely N-dealkylation sites (tertiary alicyclic amines) is 1. The maximum absolute atomic E-state index is 13.5. The van der Waals surface area contributed by atoms with E-state index in [1.807, 2.05) is 7.05 Å². The van der Waals surface area contributed by atoms with Crippen LogP contribution in [-0.2, 0) is 0 Å². The Kier molecular flexibility index (Phi) is 4.08. The van der Waals surface area contributed by atoms with Gasteiger partial charge >= 0.3 is 0 Å². The standard InChI is InChI=1S/C18H25FN2O2/c1-18(2,3)7-8-21-10-14-16(11-21)23-15-9-12(19)5-6-13(15)17(22)20(14)4/h5-6,9,14,16H,7-8,10-11H2,1-4H3. The van der Waals surface area contributed by atoms with Crippen molar-refractivity contribution in [2.24, 2.45) is 5.41 Å². The normalized spacial score (nSPS) is 24.9. The van der Waals surface area contributed by atoms with Crippen LogP contribution in [0.25, 0.3) is 0 Å². The molecule has 0 N–H and O–H groups in total. The third kappa shape index (κ3) is 3.34. The molecule has 4 nitrogen and oxygen atoms in total. The van der Waals surface area contributed by atoms with Crippen molar-refractivity contribution in [1.82, 2.24) is 9.80 Å². The Bertz CT molecular complexity index is 612. The van der Waals surface area contributed by atoms with Gasteiger partial charge in [0.05, 0.1) is 11.6 Å². The number of halogens is 1. The number of nitrogens with zero attached hydrogens (tertiary/aromatic N) is 2. The number of hydrogen-bond donors (Lipinski definition) is 0. The molecule has 2 aliphatic rings. The average Bonchev–Trinajstić information content (AvgIpc) is 2.82. The van der Waals surface area contributed by atoms with E-state index < -0.39 is 0 Å². The number of fused-ring (bicyclic) bond motifs is 2. The summed E-state index contributed by atoms with van der Waals surface area (Å²) in [5.74, 6) is -0.0996. The zero-order valence-electron chi connectivity index (χ0n) is 14.3. The monoisotopic (exact) mass is 320 g/mol. The summed E-state index contributed by atoms with van der Waals surface area (Å²) in [6.45, 7) is 9.25. The van der Waals surface area contributed by atoms with Gasteiger partial charge in [-0.15, -0.1) is 0 Å². The van der Waals surface area contributed by atoms with Crippen LogP contribution in [0.1, 0.15) is 37.6 Å². The molecule has 0 spiro atoms. The number of ether oxygens (including phenoxy) is 1. The van der Waals surface area contributed by atoms with Crippen LogP contribution in [0.4, 0.5) is 4.39 Å². The molecule has 0 radical (unpaired) electrons. The van der Waals surface area contributed by atoms with Gasteiger partial charge in [-0.2, -0.15) is 0 Å². The minimum atomic E-state index is -0.375. The van der Waals surface area contributed by atoms with E-state index >= 15 is 0 Å². The summed E-state index contributed by atoms with van der Waals surface area (Å²) in [6, 6.07) is 4.16. The Labute approximate surface area is 137 Å². The Morgan fingerprint density at radius 3 is 2.74 bits per heavy atom. The fourth-order valence-electron chi connectivity index (χ4n) is 3.27. The van der Waals surface area contributed by atoms with E-state index in [0.717, 1.165) is 26.1 Å². The van der Waals surface area contributed by atoms with Gasteiger partial charge in [-0.25, -0.2) is 4.39 Å². The van der Waals surface area contributed by atoms with Crippen LogP contribution < -0.4 is 4.74 Å². The predicted molar refractivity (Wildman–Crippen MR) is 87.2 cm³/mol. The molecule has 0 saturated carbocycles. The van der Waals surface area contributed by atoms with E-state index in [9.17, 15) is 9.18 Å². The number of carbonyl (C=O) groups is 1. The van der Waals surface area contributed by atoms with Crippen LogP contribution in [-0.4, -0.2) is 54.5 Å². The fraction of sp³-hybridized carbons (Fsp3) is 0.611. The van der Waals surface area contributed by atoms with Gasteiger partial charge in [-0.1, -0.05) is 20.8 Å². The van der Waals surface area contributed by atoms with Crippen molar-refractivity contribution >= 4 is 5.91 Å². The first kappa shape index (κ1) is 16.2. The van der Waals surface area contributed by atoms with E-state index in [4.69, 9.17) is 4.74 Å². The predicted octanol–water partition coefficient (Wildman–Crippen LogP) is 2.78. The van der Waals surface area contributed by atoms with Crippen molar-refractivity contribution in [3.05, 3.63) is 29.6 Å². The van der Waals surface area contributed by atoms with Gasteiger partial charge in [0.25, 0.3) is 5.91 Å². The maximum Gasteiger partial charge on any atom is 0.257 e. The van der Waals surface area contributed by atoms with Crippen LogP contribution in [0.2, 0.25) is 0 Å². The molecular weight excluding hydrogens is 295 g/mol. The summed E-state index contributed by atoms with van der Waals surface area (Å²) in [6.07, 6.45) is 0.988. The molecule has 5 heteroatoms. The number of likely N-dealkylation sites (N-methyl/N-ethyl adjacent to an activating group) is 1. The Hall–Kier alpha value is -1.62. The van der Waals surface area contributed by atoms with Crippen LogP contribution in [0.15, 0.2) is 18.2 Å². The Morgan fingerprint density at radius 2 is 2.04 bits per heavy atom. The SMILES string of the molecule is CN1C(=O)c2ccc(F)cc2OC2CN(CCC(C)(C)C)CC21. The number of amides is 1. The smallest absolute Gasteiger partial charge is 0.257 e. The largest absolute Gasteiger partial charge is 0.486 e. The first-order chi connectivity index (χ1) is 10.7. The van der Waals surface area contributed by atoms with Crippen LogP contribution >= 0.6 is 0 Å². The van der Waals surface area contributed by atoms with Gasteiger partial charge in [-0.3, -0.25) is 9.69 Å². The van der Waals surface area contributed by atoms with Crippen molar-refractivity contribution in [3.8, 4) is 5.75 Å². The van der Waals surface area contributed by atoms with Crippen molar-refractivity contribution in [2.75, 3.05) is 26.7 Å². The molecule has 1 saturated heterocycles. The number of carbonyl (C=O) groups excluding carboxylic acids is 1. The second-order valence-electron chi connectivity index (χ2n) is 7.85. The summed E-state index contributed by atoms with van der Waals surface area (Å²) in [5, 5.41) is 0. The van der Waals surface area contributed by atoms with Gasteiger partial charge in [0.15, 0.2) is 0 Å². The highest BCUT2D eigenvalue weighted by molar-refractivity contribution is 5.97. The minimum Gasteiger partial charge on any atom is -0.486 e. The fourth-order valence-corrected chi connectivity index (χ4v) is 3.27. The molecule has 1 aromatic carbocycles. The quantitative estimate of drug-likeness (QED) is 0.840. The average molecular weight is 320 g/mol. The molecule has 1 aromatic rings. The lowest BCUT2D eigenvalue weighted by atomic mass is 9.92. The molecule has 3 rings (SSSR count). The lowest BCUT2D eigenvalue weighted by molar-refractivity contribution is 0.0682. The zero-order chi connectivity index (χ0) is 16.8.